The zero-order chi connectivity index (χ0) is 28.7. The van der Waals surface area contributed by atoms with Crippen molar-refractivity contribution in [3.05, 3.63) is 120 Å². The molecule has 42 heavy (non-hydrogen) atoms. The number of halogens is 1. The number of H-pyrrole nitrogens is 2. The molecule has 0 fully saturated rings. The van der Waals surface area contributed by atoms with Gasteiger partial charge in [-0.05, 0) is 48.5 Å². The molecule has 6 aromatic rings. The second-order valence-electron chi connectivity index (χ2n) is 10.1. The van der Waals surface area contributed by atoms with E-state index in [-0.39, 0.29) is 18.1 Å². The zero-order valence-corrected chi connectivity index (χ0v) is 23.1. The van der Waals surface area contributed by atoms with Crippen LogP contribution in [0.3, 0.4) is 0 Å². The van der Waals surface area contributed by atoms with Crippen molar-refractivity contribution in [2.24, 2.45) is 0 Å². The van der Waals surface area contributed by atoms with Crippen molar-refractivity contribution in [2.45, 2.75) is 25.8 Å². The summed E-state index contributed by atoms with van der Waals surface area (Å²) in [4.78, 5) is 40.0. The highest BCUT2D eigenvalue weighted by atomic mass is 19.1. The summed E-state index contributed by atoms with van der Waals surface area (Å²) in [5.74, 6) is 1.08. The van der Waals surface area contributed by atoms with Crippen LogP contribution in [0.25, 0.3) is 22.1 Å². The minimum Gasteiger partial charge on any atom is -0.345 e. The maximum Gasteiger partial charge on any atom is 0.270 e. The molecule has 0 saturated heterocycles. The van der Waals surface area contributed by atoms with E-state index in [1.165, 1.54) is 18.3 Å². The minimum absolute atomic E-state index is 0.00519. The van der Waals surface area contributed by atoms with E-state index in [0.717, 1.165) is 71.9 Å². The fraction of sp³-hybridized carbons (Fsp3) is 0.219. The number of carbonyl (C=O) groups excluding carboxylic acids is 1. The lowest BCUT2D eigenvalue weighted by Gasteiger charge is -2.21. The van der Waals surface area contributed by atoms with Crippen LogP contribution in [0.15, 0.2) is 85.1 Å². The molecule has 0 aliphatic carbocycles. The zero-order valence-electron chi connectivity index (χ0n) is 23.1. The summed E-state index contributed by atoms with van der Waals surface area (Å²) in [6.45, 7) is 2.35. The second-order valence-corrected chi connectivity index (χ2v) is 10.1. The summed E-state index contributed by atoms with van der Waals surface area (Å²) in [6.07, 6.45) is 3.71. The van der Waals surface area contributed by atoms with Crippen molar-refractivity contribution in [3.63, 3.8) is 0 Å². The van der Waals surface area contributed by atoms with Crippen molar-refractivity contribution in [3.8, 4) is 0 Å². The van der Waals surface area contributed by atoms with Gasteiger partial charge in [-0.1, -0.05) is 30.3 Å². The highest BCUT2D eigenvalue weighted by Gasteiger charge is 2.13. The highest BCUT2D eigenvalue weighted by molar-refractivity contribution is 5.92. The Bertz CT molecular complexity index is 1670. The van der Waals surface area contributed by atoms with Crippen molar-refractivity contribution < 1.29 is 9.18 Å². The van der Waals surface area contributed by atoms with Gasteiger partial charge in [0.15, 0.2) is 0 Å². The first-order valence-electron chi connectivity index (χ1n) is 14.0. The average molecular weight is 563 g/mol. The first-order chi connectivity index (χ1) is 20.6. The lowest BCUT2D eigenvalue weighted by Crippen LogP contribution is -2.31. The summed E-state index contributed by atoms with van der Waals surface area (Å²) in [6, 6.07) is 24.3. The number of aromatic nitrogens is 6. The molecule has 0 atom stereocenters. The molecule has 0 unspecified atom stereocenters. The number of carbonyl (C=O) groups is 1. The molecule has 0 aliphatic heterocycles. The molecule has 0 spiro atoms. The number of pyridine rings is 2. The molecule has 0 bridgehead atoms. The number of nitrogens with one attached hydrogen (secondary N) is 3. The Balaban J connectivity index is 1.10. The minimum atomic E-state index is -0.454. The Morgan fingerprint density at radius 2 is 1.38 bits per heavy atom. The second kappa shape index (κ2) is 12.7. The number of para-hydroxylation sites is 4. The van der Waals surface area contributed by atoms with Gasteiger partial charge in [-0.15, -0.1) is 0 Å². The van der Waals surface area contributed by atoms with Crippen LogP contribution in [-0.2, 0) is 25.8 Å². The Labute approximate surface area is 242 Å². The van der Waals surface area contributed by atoms with E-state index in [4.69, 9.17) is 9.97 Å². The number of aromatic amines is 2. The maximum atomic E-state index is 13.9. The number of imidazole rings is 2. The van der Waals surface area contributed by atoms with E-state index in [1.54, 1.807) is 6.07 Å². The molecule has 4 heterocycles. The van der Waals surface area contributed by atoms with E-state index >= 15 is 0 Å². The molecule has 3 N–H and O–H groups in total. The summed E-state index contributed by atoms with van der Waals surface area (Å²) in [7, 11) is 0. The van der Waals surface area contributed by atoms with Crippen molar-refractivity contribution in [1.82, 2.24) is 40.1 Å². The van der Waals surface area contributed by atoms with Crippen LogP contribution in [0.2, 0.25) is 0 Å². The van der Waals surface area contributed by atoms with Gasteiger partial charge in [0.25, 0.3) is 5.91 Å². The third-order valence-electron chi connectivity index (χ3n) is 7.18. The molecule has 9 nitrogen and oxygen atoms in total. The molecular weight excluding hydrogens is 531 g/mol. The lowest BCUT2D eigenvalue weighted by atomic mass is 10.2. The molecule has 6 rings (SSSR count). The van der Waals surface area contributed by atoms with Crippen LogP contribution >= 0.6 is 0 Å². The standard InChI is InChI=1S/C32H31FN8O/c33-23-8-6-17-34-29(23)21-35-32(42)28-13-5-7-22(36-28)14-18-41(19-15-30-37-24-9-1-2-10-25(24)38-30)20-16-31-39-26-11-3-4-12-27(26)40-31/h1-13,17H,14-16,18-21H2,(H,35,42)(H,37,38)(H,39,40). The number of benzene rings is 2. The predicted molar refractivity (Wildman–Crippen MR) is 159 cm³/mol. The van der Waals surface area contributed by atoms with E-state index in [9.17, 15) is 9.18 Å². The number of fused-ring (bicyclic) bond motifs is 2. The Hall–Kier alpha value is -4.96. The lowest BCUT2D eigenvalue weighted by molar-refractivity contribution is 0.0944. The van der Waals surface area contributed by atoms with Gasteiger partial charge in [-0.3, -0.25) is 9.78 Å². The number of rotatable bonds is 12. The quantitative estimate of drug-likeness (QED) is 0.200. The maximum absolute atomic E-state index is 13.9. The molecule has 0 saturated carbocycles. The molecule has 4 aromatic heterocycles. The van der Waals surface area contributed by atoms with Crippen molar-refractivity contribution in [1.29, 1.82) is 0 Å². The van der Waals surface area contributed by atoms with Crippen molar-refractivity contribution >= 4 is 28.0 Å². The Morgan fingerprint density at radius 1 is 0.738 bits per heavy atom. The number of nitrogens with zero attached hydrogens (tertiary/aromatic N) is 5. The third-order valence-corrected chi connectivity index (χ3v) is 7.18. The first kappa shape index (κ1) is 27.2. The van der Waals surface area contributed by atoms with Crippen LogP contribution < -0.4 is 5.32 Å². The van der Waals surface area contributed by atoms with Gasteiger partial charge in [0.2, 0.25) is 0 Å². The van der Waals surface area contributed by atoms with Crippen LogP contribution in [0.4, 0.5) is 4.39 Å². The average Bonchev–Trinajstić information content (AvgIpc) is 3.64. The molecule has 1 amide bonds. The van der Waals surface area contributed by atoms with Crippen LogP contribution in [0, 0.1) is 5.82 Å². The van der Waals surface area contributed by atoms with Gasteiger partial charge >= 0.3 is 0 Å². The van der Waals surface area contributed by atoms with Crippen LogP contribution in [0.5, 0.6) is 0 Å². The summed E-state index contributed by atoms with van der Waals surface area (Å²) in [5, 5.41) is 2.71. The molecule has 0 aliphatic rings. The fourth-order valence-electron chi connectivity index (χ4n) is 4.93. The normalized spacial score (nSPS) is 11.5. The van der Waals surface area contributed by atoms with Gasteiger partial charge in [-0.2, -0.15) is 0 Å². The molecule has 212 valence electrons. The SMILES string of the molecule is O=C(NCc1ncccc1F)c1cccc(CCN(CCc2nc3ccccc3[nH]2)CCc2nc3ccccc3[nH]2)n1. The number of amides is 1. The Morgan fingerprint density at radius 3 is 2.02 bits per heavy atom. The number of hydrogen-bond acceptors (Lipinski definition) is 6. The molecule has 10 heteroatoms. The monoisotopic (exact) mass is 562 g/mol. The van der Waals surface area contributed by atoms with Crippen LogP contribution in [0.1, 0.15) is 33.5 Å². The summed E-state index contributed by atoms with van der Waals surface area (Å²) in [5.41, 5.74) is 5.28. The van der Waals surface area contributed by atoms with Gasteiger partial charge in [0.05, 0.1) is 34.3 Å². The van der Waals surface area contributed by atoms with E-state index in [2.05, 4.69) is 30.2 Å². The highest BCUT2D eigenvalue weighted by Crippen LogP contribution is 2.13. The van der Waals surface area contributed by atoms with E-state index in [1.807, 2.05) is 60.7 Å². The topological polar surface area (TPSA) is 115 Å². The fourth-order valence-corrected chi connectivity index (χ4v) is 4.93. The number of hydrogen-bond donors (Lipinski definition) is 3. The van der Waals surface area contributed by atoms with Crippen LogP contribution in [-0.4, -0.2) is 60.3 Å². The predicted octanol–water partition coefficient (Wildman–Crippen LogP) is 4.63. The van der Waals surface area contributed by atoms with Gasteiger partial charge in [-0.25, -0.2) is 19.3 Å². The third kappa shape index (κ3) is 6.67. The van der Waals surface area contributed by atoms with Crippen molar-refractivity contribution in [2.75, 3.05) is 19.6 Å². The molecule has 0 radical (unpaired) electrons. The van der Waals surface area contributed by atoms with Gasteiger partial charge in [0, 0.05) is 50.8 Å². The van der Waals surface area contributed by atoms with Gasteiger partial charge < -0.3 is 20.2 Å². The molecular formula is C32H31FN8O. The van der Waals surface area contributed by atoms with E-state index in [0.29, 0.717) is 12.1 Å². The summed E-state index contributed by atoms with van der Waals surface area (Å²) < 4.78 is 13.9. The van der Waals surface area contributed by atoms with Gasteiger partial charge in [0.1, 0.15) is 23.2 Å². The smallest absolute Gasteiger partial charge is 0.270 e. The van der Waals surface area contributed by atoms with E-state index < -0.39 is 5.82 Å². The summed E-state index contributed by atoms with van der Waals surface area (Å²) >= 11 is 0. The molecule has 2 aromatic carbocycles. The first-order valence-corrected chi connectivity index (χ1v) is 14.0. The Kier molecular flexibility index (Phi) is 8.23. The largest absolute Gasteiger partial charge is 0.345 e.